The van der Waals surface area contributed by atoms with Crippen molar-refractivity contribution in [1.82, 2.24) is 0 Å². The summed E-state index contributed by atoms with van der Waals surface area (Å²) in [6.07, 6.45) is 1.70. The smallest absolute Gasteiger partial charge is 0.306 e. The number of hydrogen-bond acceptors (Lipinski definition) is 3. The van der Waals surface area contributed by atoms with Gasteiger partial charge in [0, 0.05) is 12.0 Å². The van der Waals surface area contributed by atoms with Crippen LogP contribution in [0.1, 0.15) is 30.6 Å². The van der Waals surface area contributed by atoms with Gasteiger partial charge in [0.15, 0.2) is 4.67 Å². The maximum absolute atomic E-state index is 10.7. The van der Waals surface area contributed by atoms with Gasteiger partial charge >= 0.3 is 5.97 Å². The van der Waals surface area contributed by atoms with E-state index in [0.717, 1.165) is 12.8 Å². The Morgan fingerprint density at radius 3 is 3.07 bits per heavy atom. The molecule has 0 saturated heterocycles. The Balaban J connectivity index is 2.39. The predicted octanol–water partition coefficient (Wildman–Crippen LogP) is 2.04. The third-order valence-corrected chi connectivity index (χ3v) is 3.11. The Morgan fingerprint density at radius 1 is 1.67 bits per heavy atom. The van der Waals surface area contributed by atoms with Gasteiger partial charge in [0.1, 0.15) is 11.4 Å². The maximum Gasteiger partial charge on any atom is 0.306 e. The van der Waals surface area contributed by atoms with E-state index in [4.69, 9.17) is 9.52 Å². The van der Waals surface area contributed by atoms with Crippen LogP contribution in [-0.4, -0.2) is 16.2 Å². The molecule has 15 heavy (non-hydrogen) atoms. The summed E-state index contributed by atoms with van der Waals surface area (Å²) in [6.45, 7) is 0. The largest absolute Gasteiger partial charge is 0.481 e. The second kappa shape index (κ2) is 3.64. The maximum atomic E-state index is 10.7. The second-order valence-electron chi connectivity index (χ2n) is 3.84. The highest BCUT2D eigenvalue weighted by molar-refractivity contribution is 9.10. The molecular weight excluding hydrogens is 264 g/mol. The molecule has 0 amide bonds. The molecular formula is C10H11BrO4. The van der Waals surface area contributed by atoms with Crippen LogP contribution in [0.2, 0.25) is 0 Å². The molecule has 0 aliphatic heterocycles. The minimum atomic E-state index is -1.27. The second-order valence-corrected chi connectivity index (χ2v) is 4.62. The molecule has 0 aromatic carbocycles. The first-order valence-electron chi connectivity index (χ1n) is 4.74. The van der Waals surface area contributed by atoms with E-state index in [1.165, 1.54) is 0 Å². The quantitative estimate of drug-likeness (QED) is 0.866. The van der Waals surface area contributed by atoms with Gasteiger partial charge in [-0.25, -0.2) is 0 Å². The van der Waals surface area contributed by atoms with Crippen LogP contribution in [0.4, 0.5) is 0 Å². The highest BCUT2D eigenvalue weighted by Crippen LogP contribution is 2.40. The standard InChI is InChI=1S/C10H11BrO4/c11-8-4-6-7(15-8)2-1-3-10(6,14)5-9(12)13/h4,14H,1-3,5H2,(H,12,13). The Bertz CT molecular complexity index is 398. The summed E-state index contributed by atoms with van der Waals surface area (Å²) in [4.78, 5) is 10.7. The number of fused-ring (bicyclic) bond motifs is 1. The molecule has 2 N–H and O–H groups in total. The third kappa shape index (κ3) is 1.94. The molecule has 1 aromatic rings. The Labute approximate surface area is 95.0 Å². The van der Waals surface area contributed by atoms with Gasteiger partial charge < -0.3 is 14.6 Å². The number of aryl methyl sites for hydroxylation is 1. The molecule has 1 unspecified atom stereocenters. The summed E-state index contributed by atoms with van der Waals surface area (Å²) in [6, 6.07) is 1.66. The lowest BCUT2D eigenvalue weighted by Gasteiger charge is -2.29. The first-order chi connectivity index (χ1) is 7.01. The Kier molecular flexibility index (Phi) is 2.60. The number of furan rings is 1. The van der Waals surface area contributed by atoms with Crippen LogP contribution in [0.5, 0.6) is 0 Å². The average Bonchev–Trinajstić information content (AvgIpc) is 2.45. The zero-order valence-electron chi connectivity index (χ0n) is 7.99. The number of carboxylic acids is 1. The fraction of sp³-hybridized carbons (Fsp3) is 0.500. The minimum absolute atomic E-state index is 0.272. The molecule has 0 radical (unpaired) electrons. The SMILES string of the molecule is O=C(O)CC1(O)CCCc2oc(Br)cc21. The van der Waals surface area contributed by atoms with Crippen molar-refractivity contribution in [3.8, 4) is 0 Å². The van der Waals surface area contributed by atoms with Crippen molar-refractivity contribution in [3.05, 3.63) is 22.1 Å². The van der Waals surface area contributed by atoms with Gasteiger partial charge in [-0.3, -0.25) is 4.79 Å². The first-order valence-corrected chi connectivity index (χ1v) is 5.53. The number of aliphatic carboxylic acids is 1. The van der Waals surface area contributed by atoms with Crippen LogP contribution in [0, 0.1) is 0 Å². The summed E-state index contributed by atoms with van der Waals surface area (Å²) in [7, 11) is 0. The van der Waals surface area contributed by atoms with Crippen LogP contribution in [-0.2, 0) is 16.8 Å². The predicted molar refractivity (Wildman–Crippen MR) is 55.5 cm³/mol. The van der Waals surface area contributed by atoms with Gasteiger partial charge in [-0.2, -0.15) is 0 Å². The van der Waals surface area contributed by atoms with E-state index in [1.807, 2.05) is 0 Å². The fourth-order valence-electron chi connectivity index (χ4n) is 2.09. The van der Waals surface area contributed by atoms with E-state index in [0.29, 0.717) is 22.4 Å². The van der Waals surface area contributed by atoms with Gasteiger partial charge in [0.2, 0.25) is 0 Å². The molecule has 0 fully saturated rings. The highest BCUT2D eigenvalue weighted by atomic mass is 79.9. The first kappa shape index (κ1) is 10.7. The molecule has 5 heteroatoms. The van der Waals surface area contributed by atoms with E-state index in [1.54, 1.807) is 6.07 Å². The molecule has 4 nitrogen and oxygen atoms in total. The Morgan fingerprint density at radius 2 is 2.40 bits per heavy atom. The van der Waals surface area contributed by atoms with Gasteiger partial charge in [-0.05, 0) is 34.8 Å². The number of aliphatic hydroxyl groups is 1. The van der Waals surface area contributed by atoms with Gasteiger partial charge in [0.25, 0.3) is 0 Å². The summed E-state index contributed by atoms with van der Waals surface area (Å²) in [5, 5.41) is 19.0. The normalized spacial score (nSPS) is 24.9. The number of hydrogen-bond donors (Lipinski definition) is 2. The molecule has 0 saturated carbocycles. The molecule has 1 aromatic heterocycles. The third-order valence-electron chi connectivity index (χ3n) is 2.72. The lowest BCUT2D eigenvalue weighted by atomic mass is 9.81. The number of rotatable bonds is 2. The zero-order valence-corrected chi connectivity index (χ0v) is 9.58. The van der Waals surface area contributed by atoms with Crippen molar-refractivity contribution in [2.45, 2.75) is 31.3 Å². The molecule has 2 rings (SSSR count). The number of carbonyl (C=O) groups is 1. The summed E-state index contributed by atoms with van der Waals surface area (Å²) in [5.74, 6) is -0.306. The van der Waals surface area contributed by atoms with E-state index >= 15 is 0 Å². The summed E-state index contributed by atoms with van der Waals surface area (Å²) in [5.41, 5.74) is -0.655. The lowest BCUT2D eigenvalue weighted by Crippen LogP contribution is -2.32. The number of carboxylic acid groups (broad SMARTS) is 1. The van der Waals surface area contributed by atoms with Crippen molar-refractivity contribution in [3.63, 3.8) is 0 Å². The van der Waals surface area contributed by atoms with Crippen molar-refractivity contribution < 1.29 is 19.4 Å². The molecule has 1 atom stereocenters. The van der Waals surface area contributed by atoms with Gasteiger partial charge in [0.05, 0.1) is 6.42 Å². The monoisotopic (exact) mass is 274 g/mol. The number of halogens is 1. The van der Waals surface area contributed by atoms with Crippen LogP contribution >= 0.6 is 15.9 Å². The van der Waals surface area contributed by atoms with Crippen LogP contribution in [0.25, 0.3) is 0 Å². The van der Waals surface area contributed by atoms with Crippen molar-refractivity contribution in [2.24, 2.45) is 0 Å². The average molecular weight is 275 g/mol. The highest BCUT2D eigenvalue weighted by Gasteiger charge is 2.38. The van der Waals surface area contributed by atoms with Gasteiger partial charge in [-0.1, -0.05) is 0 Å². The van der Waals surface area contributed by atoms with Crippen molar-refractivity contribution in [2.75, 3.05) is 0 Å². The Hall–Kier alpha value is -0.810. The topological polar surface area (TPSA) is 70.7 Å². The molecule has 1 aliphatic rings. The van der Waals surface area contributed by atoms with E-state index in [9.17, 15) is 9.90 Å². The lowest BCUT2D eigenvalue weighted by molar-refractivity contribution is -0.143. The molecule has 1 heterocycles. The fourth-order valence-corrected chi connectivity index (χ4v) is 2.51. The zero-order chi connectivity index (χ0) is 11.1. The summed E-state index contributed by atoms with van der Waals surface area (Å²) < 4.78 is 5.89. The van der Waals surface area contributed by atoms with Crippen LogP contribution < -0.4 is 0 Å². The van der Waals surface area contributed by atoms with Gasteiger partial charge in [-0.15, -0.1) is 0 Å². The van der Waals surface area contributed by atoms with E-state index < -0.39 is 11.6 Å². The van der Waals surface area contributed by atoms with Crippen LogP contribution in [0.15, 0.2) is 15.2 Å². The van der Waals surface area contributed by atoms with E-state index in [-0.39, 0.29) is 6.42 Å². The molecule has 1 aliphatic carbocycles. The van der Waals surface area contributed by atoms with Crippen molar-refractivity contribution >= 4 is 21.9 Å². The molecule has 0 spiro atoms. The van der Waals surface area contributed by atoms with E-state index in [2.05, 4.69) is 15.9 Å². The molecule has 0 bridgehead atoms. The molecule has 82 valence electrons. The van der Waals surface area contributed by atoms with Crippen molar-refractivity contribution in [1.29, 1.82) is 0 Å². The van der Waals surface area contributed by atoms with Crippen LogP contribution in [0.3, 0.4) is 0 Å². The minimum Gasteiger partial charge on any atom is -0.481 e. The summed E-state index contributed by atoms with van der Waals surface area (Å²) >= 11 is 3.19.